The second kappa shape index (κ2) is 7.97. The number of fused-ring (bicyclic) bond motifs is 4. The van der Waals surface area contributed by atoms with E-state index in [9.17, 15) is 19.5 Å². The second-order valence-corrected chi connectivity index (χ2v) is 9.05. The van der Waals surface area contributed by atoms with Gasteiger partial charge in [-0.15, -0.1) is 0 Å². The number of benzene rings is 2. The summed E-state index contributed by atoms with van der Waals surface area (Å²) in [5, 5.41) is 12.0. The number of hydrogen-bond donors (Lipinski definition) is 2. The first-order chi connectivity index (χ1) is 15.4. The third-order valence-corrected chi connectivity index (χ3v) is 7.09. The average Bonchev–Trinajstić information content (AvgIpc) is 3.43. The van der Waals surface area contributed by atoms with E-state index in [1.54, 1.807) is 11.8 Å². The van der Waals surface area contributed by atoms with Crippen LogP contribution >= 0.6 is 0 Å². The molecule has 4 aliphatic rings. The Hall–Kier alpha value is -3.35. The fourth-order valence-corrected chi connectivity index (χ4v) is 5.54. The second-order valence-electron chi connectivity index (χ2n) is 9.05. The van der Waals surface area contributed by atoms with E-state index in [4.69, 9.17) is 4.74 Å². The molecular formula is C25H26N2O5. The van der Waals surface area contributed by atoms with Crippen molar-refractivity contribution in [2.24, 2.45) is 11.8 Å². The fourth-order valence-electron chi connectivity index (χ4n) is 5.54. The Balaban J connectivity index is 1.15. The van der Waals surface area contributed by atoms with Crippen LogP contribution in [0.15, 0.2) is 48.5 Å². The largest absolute Gasteiger partial charge is 0.481 e. The summed E-state index contributed by atoms with van der Waals surface area (Å²) in [6.07, 6.45) is 0.331. The maximum Gasteiger partial charge on any atom is 0.407 e. The van der Waals surface area contributed by atoms with E-state index < -0.39 is 24.0 Å². The average molecular weight is 434 g/mol. The molecule has 2 saturated heterocycles. The number of nitrogens with one attached hydrogen (secondary N) is 1. The van der Waals surface area contributed by atoms with E-state index in [0.717, 1.165) is 17.5 Å². The van der Waals surface area contributed by atoms with Gasteiger partial charge in [0.2, 0.25) is 5.91 Å². The van der Waals surface area contributed by atoms with Crippen molar-refractivity contribution in [2.75, 3.05) is 13.2 Å². The Morgan fingerprint density at radius 3 is 2.31 bits per heavy atom. The molecule has 2 aliphatic heterocycles. The number of hydrogen-bond acceptors (Lipinski definition) is 4. The van der Waals surface area contributed by atoms with Crippen molar-refractivity contribution < 1.29 is 24.2 Å². The lowest BCUT2D eigenvalue weighted by atomic mass is 9.74. The number of carbonyl (C=O) groups is 3. The number of amides is 2. The van der Waals surface area contributed by atoms with Crippen molar-refractivity contribution in [3.8, 4) is 11.1 Å². The molecule has 7 nitrogen and oxygen atoms in total. The summed E-state index contributed by atoms with van der Waals surface area (Å²) in [5.74, 6) is -1.34. The molecule has 4 atom stereocenters. The molecule has 2 bridgehead atoms. The molecule has 2 heterocycles. The number of carbonyl (C=O) groups excluding carboxylic acids is 2. The van der Waals surface area contributed by atoms with Gasteiger partial charge in [0.25, 0.3) is 0 Å². The third-order valence-electron chi connectivity index (χ3n) is 7.09. The maximum absolute atomic E-state index is 12.6. The SMILES string of the molecule is C[C@@H](CC(=O)N1CC2CC1C2C(=O)O)NC(=O)OCC1c2ccccc2-c2ccccc21. The molecule has 2 amide bonds. The minimum Gasteiger partial charge on any atom is -0.481 e. The molecule has 2 aliphatic carbocycles. The zero-order chi connectivity index (χ0) is 22.4. The standard InChI is InChI=1S/C25H26N2O5/c1-14(10-22(28)27-12-15-11-21(27)23(15)24(29)30)26-25(31)32-13-20-18-8-4-2-6-16(18)17-7-3-5-9-19(17)20/h2-9,14-15,20-21,23H,10-13H2,1H3,(H,26,31)(H,29,30)/t14-,15?,21?,23?/m0/s1. The number of aliphatic carboxylic acids is 1. The minimum atomic E-state index is -0.827. The van der Waals surface area contributed by atoms with Gasteiger partial charge in [0.15, 0.2) is 0 Å². The van der Waals surface area contributed by atoms with Gasteiger partial charge < -0.3 is 20.1 Å². The summed E-state index contributed by atoms with van der Waals surface area (Å²) < 4.78 is 5.54. The maximum atomic E-state index is 12.6. The van der Waals surface area contributed by atoms with Gasteiger partial charge in [-0.3, -0.25) is 9.59 Å². The fraction of sp³-hybridized carbons (Fsp3) is 0.400. The first kappa shape index (κ1) is 20.5. The summed E-state index contributed by atoms with van der Waals surface area (Å²) in [7, 11) is 0. The van der Waals surface area contributed by atoms with Crippen molar-refractivity contribution in [1.82, 2.24) is 10.2 Å². The summed E-state index contributed by atoms with van der Waals surface area (Å²) >= 11 is 0. The monoisotopic (exact) mass is 434 g/mol. The highest BCUT2D eigenvalue weighted by atomic mass is 16.5. The molecule has 6 rings (SSSR count). The lowest BCUT2D eigenvalue weighted by Gasteiger charge is -2.33. The molecule has 2 N–H and O–H groups in total. The topological polar surface area (TPSA) is 95.9 Å². The van der Waals surface area contributed by atoms with Crippen LogP contribution in [0.5, 0.6) is 0 Å². The highest BCUT2D eigenvalue weighted by Gasteiger charge is 2.56. The smallest absolute Gasteiger partial charge is 0.407 e. The van der Waals surface area contributed by atoms with Gasteiger partial charge in [0, 0.05) is 31.0 Å². The van der Waals surface area contributed by atoms with E-state index in [1.807, 2.05) is 24.3 Å². The lowest BCUT2D eigenvalue weighted by Crippen LogP contribution is -2.46. The van der Waals surface area contributed by atoms with Gasteiger partial charge in [-0.1, -0.05) is 48.5 Å². The van der Waals surface area contributed by atoms with Crippen molar-refractivity contribution in [3.63, 3.8) is 0 Å². The van der Waals surface area contributed by atoms with E-state index in [0.29, 0.717) is 6.54 Å². The van der Waals surface area contributed by atoms with Crippen molar-refractivity contribution in [2.45, 2.75) is 37.8 Å². The summed E-state index contributed by atoms with van der Waals surface area (Å²) in [6.45, 7) is 2.48. The van der Waals surface area contributed by atoms with Gasteiger partial charge in [0.1, 0.15) is 6.61 Å². The molecular weight excluding hydrogens is 408 g/mol. The molecule has 7 heteroatoms. The third kappa shape index (κ3) is 3.42. The highest BCUT2D eigenvalue weighted by Crippen LogP contribution is 2.47. The van der Waals surface area contributed by atoms with E-state index in [1.165, 1.54) is 11.1 Å². The minimum absolute atomic E-state index is 0.0190. The number of rotatable bonds is 6. The number of carboxylic acids is 1. The molecule has 2 aromatic rings. The molecule has 0 spiro atoms. The van der Waals surface area contributed by atoms with E-state index in [2.05, 4.69) is 29.6 Å². The van der Waals surface area contributed by atoms with Crippen LogP contribution in [0, 0.1) is 11.8 Å². The quantitative estimate of drug-likeness (QED) is 0.728. The molecule has 3 fully saturated rings. The number of nitrogens with zero attached hydrogens (tertiary/aromatic N) is 1. The van der Waals surface area contributed by atoms with Gasteiger partial charge >= 0.3 is 12.1 Å². The van der Waals surface area contributed by atoms with Crippen LogP contribution in [0.3, 0.4) is 0 Å². The Labute approximate surface area is 186 Å². The van der Waals surface area contributed by atoms with Gasteiger partial charge in [-0.05, 0) is 41.5 Å². The first-order valence-corrected chi connectivity index (χ1v) is 11.1. The molecule has 2 aromatic carbocycles. The van der Waals surface area contributed by atoms with Crippen LogP contribution in [0.1, 0.15) is 36.8 Å². The Morgan fingerprint density at radius 2 is 1.72 bits per heavy atom. The van der Waals surface area contributed by atoms with Gasteiger partial charge in [-0.2, -0.15) is 0 Å². The summed E-state index contributed by atoms with van der Waals surface area (Å²) in [5.41, 5.74) is 4.62. The molecule has 1 saturated carbocycles. The van der Waals surface area contributed by atoms with Crippen LogP contribution in [0.25, 0.3) is 11.1 Å². The summed E-state index contributed by atoms with van der Waals surface area (Å²) in [4.78, 5) is 38.0. The predicted octanol–water partition coefficient (Wildman–Crippen LogP) is 3.24. The molecule has 3 unspecified atom stereocenters. The molecule has 166 valence electrons. The normalized spacial score (nSPS) is 23.7. The van der Waals surface area contributed by atoms with Gasteiger partial charge in [0.05, 0.1) is 5.92 Å². The number of alkyl carbamates (subject to hydrolysis) is 1. The zero-order valence-electron chi connectivity index (χ0n) is 17.9. The summed E-state index contributed by atoms with van der Waals surface area (Å²) in [6, 6.07) is 15.7. The zero-order valence-corrected chi connectivity index (χ0v) is 17.9. The van der Waals surface area contributed by atoms with Crippen LogP contribution in [-0.2, 0) is 14.3 Å². The number of ether oxygens (including phenoxy) is 1. The van der Waals surface area contributed by atoms with Crippen LogP contribution < -0.4 is 5.32 Å². The molecule has 0 radical (unpaired) electrons. The first-order valence-electron chi connectivity index (χ1n) is 11.1. The Bertz CT molecular complexity index is 1040. The van der Waals surface area contributed by atoms with Gasteiger partial charge in [-0.25, -0.2) is 4.79 Å². The molecule has 32 heavy (non-hydrogen) atoms. The van der Waals surface area contributed by atoms with Crippen molar-refractivity contribution in [3.05, 3.63) is 59.7 Å². The predicted molar refractivity (Wildman–Crippen MR) is 117 cm³/mol. The highest BCUT2D eigenvalue weighted by molar-refractivity contribution is 5.82. The Kier molecular flexibility index (Phi) is 5.12. The number of carboxylic acid groups (broad SMARTS) is 1. The lowest BCUT2D eigenvalue weighted by molar-refractivity contribution is -0.148. The van der Waals surface area contributed by atoms with Crippen molar-refractivity contribution >= 4 is 18.0 Å². The van der Waals surface area contributed by atoms with E-state index >= 15 is 0 Å². The van der Waals surface area contributed by atoms with E-state index in [-0.39, 0.29) is 36.8 Å². The van der Waals surface area contributed by atoms with Crippen LogP contribution in [0.2, 0.25) is 0 Å². The van der Waals surface area contributed by atoms with Crippen molar-refractivity contribution in [1.29, 1.82) is 0 Å². The Morgan fingerprint density at radius 1 is 1.09 bits per heavy atom. The van der Waals surface area contributed by atoms with Crippen LogP contribution in [-0.4, -0.2) is 53.2 Å². The van der Waals surface area contributed by atoms with Crippen LogP contribution in [0.4, 0.5) is 4.79 Å². The molecule has 0 aromatic heterocycles.